The maximum atomic E-state index is 12.3. The minimum absolute atomic E-state index is 0.0725. The smallest absolute Gasteiger partial charge is 0.231 e. The number of aromatic nitrogens is 2. The van der Waals surface area contributed by atoms with E-state index in [1.54, 1.807) is 0 Å². The molecule has 1 aromatic heterocycles. The third kappa shape index (κ3) is 3.71. The normalized spacial score (nSPS) is 15.3. The van der Waals surface area contributed by atoms with E-state index >= 15 is 0 Å². The van der Waals surface area contributed by atoms with Crippen molar-refractivity contribution in [1.29, 1.82) is 0 Å². The van der Waals surface area contributed by atoms with Gasteiger partial charge in [-0.25, -0.2) is 9.97 Å². The first-order valence-corrected chi connectivity index (χ1v) is 8.92. The van der Waals surface area contributed by atoms with Gasteiger partial charge in [0.05, 0.1) is 13.0 Å². The maximum Gasteiger partial charge on any atom is 0.231 e. The summed E-state index contributed by atoms with van der Waals surface area (Å²) < 4.78 is 10.6. The molecule has 2 aromatic rings. The number of carbonyl (C=O) groups is 1. The molecule has 2 aliphatic heterocycles. The largest absolute Gasteiger partial charge is 0.454 e. The van der Waals surface area contributed by atoms with Crippen LogP contribution in [0.1, 0.15) is 29.9 Å². The molecule has 7 heteroatoms. The second-order valence-electron chi connectivity index (χ2n) is 6.62. The van der Waals surface area contributed by atoms with E-state index in [0.717, 1.165) is 35.9 Å². The highest BCUT2D eigenvalue weighted by molar-refractivity contribution is 5.78. The molecule has 0 atom stereocenters. The Labute approximate surface area is 152 Å². The average molecular weight is 354 g/mol. The molecule has 1 saturated heterocycles. The highest BCUT2D eigenvalue weighted by Gasteiger charge is 2.16. The number of hydrogen-bond donors (Lipinski definition) is 1. The summed E-state index contributed by atoms with van der Waals surface area (Å²) in [5, 5.41) is 2.91. The van der Waals surface area contributed by atoms with E-state index in [9.17, 15) is 4.79 Å². The molecule has 0 radical (unpaired) electrons. The Morgan fingerprint density at radius 2 is 1.96 bits per heavy atom. The highest BCUT2D eigenvalue weighted by Crippen LogP contribution is 2.32. The van der Waals surface area contributed by atoms with Gasteiger partial charge in [0, 0.05) is 24.8 Å². The van der Waals surface area contributed by atoms with Crippen molar-refractivity contribution in [3.63, 3.8) is 0 Å². The number of ether oxygens (including phenoxy) is 2. The van der Waals surface area contributed by atoms with Gasteiger partial charge in [-0.2, -0.15) is 0 Å². The molecule has 2 aliphatic rings. The van der Waals surface area contributed by atoms with Gasteiger partial charge in [-0.05, 0) is 37.5 Å². The van der Waals surface area contributed by atoms with Crippen molar-refractivity contribution in [3.05, 3.63) is 41.3 Å². The van der Waals surface area contributed by atoms with Crippen LogP contribution in [0.5, 0.6) is 11.5 Å². The van der Waals surface area contributed by atoms with E-state index < -0.39 is 0 Å². The van der Waals surface area contributed by atoms with Crippen molar-refractivity contribution in [1.82, 2.24) is 15.3 Å². The number of benzene rings is 1. The van der Waals surface area contributed by atoms with Crippen LogP contribution in [0, 0.1) is 6.92 Å². The molecule has 3 heterocycles. The first-order valence-electron chi connectivity index (χ1n) is 8.92. The number of carbonyl (C=O) groups excluding carboxylic acids is 1. The summed E-state index contributed by atoms with van der Waals surface area (Å²) in [5.74, 6) is 2.93. The number of nitrogens with zero attached hydrogens (tertiary/aromatic N) is 3. The monoisotopic (exact) mass is 354 g/mol. The van der Waals surface area contributed by atoms with Crippen LogP contribution in [0.2, 0.25) is 0 Å². The first kappa shape index (κ1) is 16.6. The van der Waals surface area contributed by atoms with Gasteiger partial charge in [0.1, 0.15) is 11.6 Å². The topological polar surface area (TPSA) is 76.6 Å². The van der Waals surface area contributed by atoms with E-state index in [4.69, 9.17) is 9.47 Å². The van der Waals surface area contributed by atoms with Crippen molar-refractivity contribution < 1.29 is 14.3 Å². The van der Waals surface area contributed by atoms with Gasteiger partial charge in [0.2, 0.25) is 12.7 Å². The second kappa shape index (κ2) is 7.19. The van der Waals surface area contributed by atoms with Crippen LogP contribution in [-0.2, 0) is 17.8 Å². The summed E-state index contributed by atoms with van der Waals surface area (Å²) in [5.41, 5.74) is 1.80. The van der Waals surface area contributed by atoms with Crippen LogP contribution >= 0.6 is 0 Å². The number of amides is 1. The van der Waals surface area contributed by atoms with Gasteiger partial charge < -0.3 is 19.7 Å². The van der Waals surface area contributed by atoms with Gasteiger partial charge in [-0.3, -0.25) is 4.79 Å². The molecule has 0 saturated carbocycles. The van der Waals surface area contributed by atoms with Crippen LogP contribution in [0.3, 0.4) is 0 Å². The molecule has 0 aliphatic carbocycles. The van der Waals surface area contributed by atoms with Crippen molar-refractivity contribution in [2.45, 2.75) is 32.7 Å². The minimum Gasteiger partial charge on any atom is -0.454 e. The van der Waals surface area contributed by atoms with Crippen LogP contribution in [-0.4, -0.2) is 35.8 Å². The summed E-state index contributed by atoms with van der Waals surface area (Å²) in [4.78, 5) is 23.6. The molecular formula is C19H22N4O3. The van der Waals surface area contributed by atoms with E-state index in [1.165, 1.54) is 12.8 Å². The summed E-state index contributed by atoms with van der Waals surface area (Å²) in [6.45, 7) is 4.58. The lowest BCUT2D eigenvalue weighted by molar-refractivity contribution is -0.120. The average Bonchev–Trinajstić information content (AvgIpc) is 3.31. The molecule has 1 N–H and O–H groups in total. The summed E-state index contributed by atoms with van der Waals surface area (Å²) in [7, 11) is 0. The molecule has 0 unspecified atom stereocenters. The lowest BCUT2D eigenvalue weighted by Crippen LogP contribution is -2.26. The van der Waals surface area contributed by atoms with Crippen molar-refractivity contribution in [2.75, 3.05) is 24.8 Å². The Hall–Kier alpha value is -2.83. The molecule has 0 bridgehead atoms. The number of fused-ring (bicyclic) bond motifs is 1. The molecule has 7 nitrogen and oxygen atoms in total. The molecule has 0 spiro atoms. The van der Waals surface area contributed by atoms with Crippen LogP contribution in [0.15, 0.2) is 24.3 Å². The van der Waals surface area contributed by atoms with Gasteiger partial charge in [-0.15, -0.1) is 0 Å². The van der Waals surface area contributed by atoms with E-state index in [2.05, 4.69) is 20.2 Å². The van der Waals surface area contributed by atoms with Gasteiger partial charge in [0.15, 0.2) is 11.5 Å². The third-order valence-corrected chi connectivity index (χ3v) is 4.56. The molecule has 1 amide bonds. The van der Waals surface area contributed by atoms with Crippen LogP contribution in [0.25, 0.3) is 0 Å². The molecule has 1 aromatic carbocycles. The van der Waals surface area contributed by atoms with Gasteiger partial charge >= 0.3 is 0 Å². The Kier molecular flexibility index (Phi) is 4.60. The quantitative estimate of drug-likeness (QED) is 0.885. The molecular weight excluding hydrogens is 332 g/mol. The Balaban J connectivity index is 1.36. The zero-order valence-electron chi connectivity index (χ0n) is 14.8. The standard InChI is InChI=1S/C19H22N4O3/c1-13-8-18(23-6-2-3-7-23)22-17(21-13)11-20-19(24)10-14-4-5-15-16(9-14)26-12-25-15/h4-5,8-9H,2-3,6-7,10-12H2,1H3,(H,20,24). The maximum absolute atomic E-state index is 12.3. The van der Waals surface area contributed by atoms with Gasteiger partial charge in [-0.1, -0.05) is 6.07 Å². The second-order valence-corrected chi connectivity index (χ2v) is 6.62. The Morgan fingerprint density at radius 3 is 2.81 bits per heavy atom. The number of hydrogen-bond acceptors (Lipinski definition) is 6. The number of rotatable bonds is 5. The fourth-order valence-corrected chi connectivity index (χ4v) is 3.28. The summed E-state index contributed by atoms with van der Waals surface area (Å²) >= 11 is 0. The zero-order valence-corrected chi connectivity index (χ0v) is 14.8. The number of aryl methyl sites for hydroxylation is 1. The third-order valence-electron chi connectivity index (χ3n) is 4.56. The predicted octanol–water partition coefficient (Wildman–Crippen LogP) is 1.97. The molecule has 1 fully saturated rings. The highest BCUT2D eigenvalue weighted by atomic mass is 16.7. The van der Waals surface area contributed by atoms with Gasteiger partial charge in [0.25, 0.3) is 0 Å². The minimum atomic E-state index is -0.0725. The van der Waals surface area contributed by atoms with Crippen LogP contribution in [0.4, 0.5) is 5.82 Å². The fourth-order valence-electron chi connectivity index (χ4n) is 3.28. The summed E-state index contributed by atoms with van der Waals surface area (Å²) in [6, 6.07) is 7.55. The molecule has 26 heavy (non-hydrogen) atoms. The van der Waals surface area contributed by atoms with Crippen molar-refractivity contribution >= 4 is 11.7 Å². The van der Waals surface area contributed by atoms with Crippen molar-refractivity contribution in [2.24, 2.45) is 0 Å². The number of nitrogens with one attached hydrogen (secondary N) is 1. The number of anilines is 1. The van der Waals surface area contributed by atoms with Crippen molar-refractivity contribution in [3.8, 4) is 11.5 Å². The van der Waals surface area contributed by atoms with Crippen LogP contribution < -0.4 is 19.7 Å². The Bertz CT molecular complexity index is 818. The molecule has 136 valence electrons. The molecule has 4 rings (SSSR count). The lowest BCUT2D eigenvalue weighted by Gasteiger charge is -2.17. The first-order chi connectivity index (χ1) is 12.7. The summed E-state index contributed by atoms with van der Waals surface area (Å²) in [6.07, 6.45) is 2.68. The van der Waals surface area contributed by atoms with E-state index in [0.29, 0.717) is 18.1 Å². The predicted molar refractivity (Wildman–Crippen MR) is 96.3 cm³/mol. The van der Waals surface area contributed by atoms with E-state index in [-0.39, 0.29) is 19.1 Å². The Morgan fingerprint density at radius 1 is 1.15 bits per heavy atom. The SMILES string of the molecule is Cc1cc(N2CCCC2)nc(CNC(=O)Cc2ccc3c(c2)OCO3)n1. The lowest BCUT2D eigenvalue weighted by atomic mass is 10.1. The van der Waals surface area contributed by atoms with E-state index in [1.807, 2.05) is 31.2 Å². The fraction of sp³-hybridized carbons (Fsp3) is 0.421. The zero-order chi connectivity index (χ0) is 17.9.